The lowest BCUT2D eigenvalue weighted by molar-refractivity contribution is 0.187. The van der Waals surface area contributed by atoms with Gasteiger partial charge in [0.15, 0.2) is 0 Å². The molecule has 0 heterocycles. The number of benzene rings is 2. The van der Waals surface area contributed by atoms with Crippen LogP contribution in [0.25, 0.3) is 0 Å². The van der Waals surface area contributed by atoms with Crippen molar-refractivity contribution in [1.29, 1.82) is 0 Å². The summed E-state index contributed by atoms with van der Waals surface area (Å²) in [5, 5.41) is 3.01. The molecule has 6 nitrogen and oxygen atoms in total. The molecule has 0 aliphatic rings. The second-order valence-corrected chi connectivity index (χ2v) is 8.57. The Morgan fingerprint density at radius 2 is 1.79 bits per heavy atom. The highest BCUT2D eigenvalue weighted by Gasteiger charge is 2.20. The van der Waals surface area contributed by atoms with Crippen LogP contribution in [0, 0.1) is 13.8 Å². The van der Waals surface area contributed by atoms with Gasteiger partial charge in [0, 0.05) is 18.3 Å². The summed E-state index contributed by atoms with van der Waals surface area (Å²) in [5.41, 5.74) is 3.85. The molecular weight excluding hydrogens is 376 g/mol. The average Bonchev–Trinajstić information content (AvgIpc) is 2.63. The summed E-state index contributed by atoms with van der Waals surface area (Å²) in [6.45, 7) is 8.44. The van der Waals surface area contributed by atoms with Gasteiger partial charge in [0.2, 0.25) is 0 Å². The van der Waals surface area contributed by atoms with Gasteiger partial charge in [-0.15, -0.1) is 0 Å². The first kappa shape index (κ1) is 21.8. The van der Waals surface area contributed by atoms with Gasteiger partial charge in [-0.3, -0.25) is 0 Å². The number of carbonyl (C=O) groups excluding carboxylic acids is 1. The first-order valence-corrected chi connectivity index (χ1v) is 11.0. The molecule has 0 aromatic heterocycles. The van der Waals surface area contributed by atoms with Crippen LogP contribution < -0.4 is 9.50 Å². The number of carbonyl (C=O) groups is 1. The molecule has 1 N–H and O–H groups in total. The fourth-order valence-corrected chi connectivity index (χ4v) is 3.20. The van der Waals surface area contributed by atoms with E-state index in [9.17, 15) is 13.2 Å². The molecule has 0 aliphatic carbocycles. The molecule has 2 rings (SSSR count). The van der Waals surface area contributed by atoms with E-state index in [1.165, 1.54) is 0 Å². The van der Waals surface area contributed by atoms with Crippen molar-refractivity contribution in [2.75, 3.05) is 11.6 Å². The lowest BCUT2D eigenvalue weighted by Gasteiger charge is -2.29. The van der Waals surface area contributed by atoms with E-state index in [2.05, 4.69) is 5.32 Å². The number of nitrogens with zero attached hydrogens (tertiary/aromatic N) is 1. The van der Waals surface area contributed by atoms with E-state index in [1.54, 1.807) is 29.2 Å². The van der Waals surface area contributed by atoms with Crippen molar-refractivity contribution in [2.45, 2.75) is 46.7 Å². The van der Waals surface area contributed by atoms with Crippen LogP contribution in [0.1, 0.15) is 37.0 Å². The summed E-state index contributed by atoms with van der Waals surface area (Å²) in [7, 11) is -3.56. The maximum absolute atomic E-state index is 12.9. The number of rotatable bonds is 7. The fraction of sp³-hybridized carbons (Fsp3) is 0.381. The first-order valence-electron chi connectivity index (χ1n) is 9.23. The van der Waals surface area contributed by atoms with Crippen molar-refractivity contribution in [1.82, 2.24) is 4.90 Å². The minimum Gasteiger partial charge on any atom is -0.383 e. The third-order valence-electron chi connectivity index (χ3n) is 4.75. The number of nitrogens with one attached hydrogen (secondary N) is 1. The van der Waals surface area contributed by atoms with Crippen molar-refractivity contribution in [3.63, 3.8) is 0 Å². The van der Waals surface area contributed by atoms with E-state index in [0.717, 1.165) is 35.1 Å². The Balaban J connectivity index is 2.17. The molecule has 0 saturated carbocycles. The van der Waals surface area contributed by atoms with E-state index < -0.39 is 10.1 Å². The highest BCUT2D eigenvalue weighted by atomic mass is 32.2. The van der Waals surface area contributed by atoms with Gasteiger partial charge in [-0.05, 0) is 62.1 Å². The minimum absolute atomic E-state index is 0.0389. The second-order valence-electron chi connectivity index (χ2n) is 6.99. The lowest BCUT2D eigenvalue weighted by Crippen LogP contribution is -2.40. The zero-order valence-electron chi connectivity index (χ0n) is 17.0. The summed E-state index contributed by atoms with van der Waals surface area (Å²) in [6, 6.07) is 12.4. The molecule has 0 radical (unpaired) electrons. The Bertz CT molecular complexity index is 924. The summed E-state index contributed by atoms with van der Waals surface area (Å²) >= 11 is 0. The van der Waals surface area contributed by atoms with Crippen molar-refractivity contribution in [3.8, 4) is 5.75 Å². The Morgan fingerprint density at radius 1 is 1.14 bits per heavy atom. The molecule has 0 saturated heterocycles. The Labute approximate surface area is 167 Å². The molecule has 2 amide bonds. The maximum Gasteiger partial charge on any atom is 0.322 e. The molecule has 0 spiro atoms. The highest BCUT2D eigenvalue weighted by Crippen LogP contribution is 2.21. The van der Waals surface area contributed by atoms with Crippen molar-refractivity contribution >= 4 is 21.8 Å². The van der Waals surface area contributed by atoms with Crippen LogP contribution in [-0.2, 0) is 16.7 Å². The molecule has 2 aromatic carbocycles. The van der Waals surface area contributed by atoms with Gasteiger partial charge in [0.25, 0.3) is 0 Å². The van der Waals surface area contributed by atoms with Crippen LogP contribution in [0.3, 0.4) is 0 Å². The minimum atomic E-state index is -3.56. The van der Waals surface area contributed by atoms with E-state index in [4.69, 9.17) is 4.18 Å². The van der Waals surface area contributed by atoms with E-state index in [1.807, 2.05) is 45.9 Å². The van der Waals surface area contributed by atoms with Gasteiger partial charge >= 0.3 is 16.1 Å². The monoisotopic (exact) mass is 404 g/mol. The molecule has 7 heteroatoms. The average molecular weight is 405 g/mol. The van der Waals surface area contributed by atoms with Gasteiger partial charge in [-0.1, -0.05) is 31.2 Å². The van der Waals surface area contributed by atoms with Crippen molar-refractivity contribution in [3.05, 3.63) is 59.2 Å². The fourth-order valence-electron chi connectivity index (χ4n) is 2.74. The number of hydrogen-bond donors (Lipinski definition) is 1. The molecule has 0 unspecified atom stereocenters. The van der Waals surface area contributed by atoms with Gasteiger partial charge in [0.1, 0.15) is 5.75 Å². The summed E-state index contributed by atoms with van der Waals surface area (Å²) in [6.07, 6.45) is 1.82. The van der Waals surface area contributed by atoms with Crippen LogP contribution >= 0.6 is 0 Å². The van der Waals surface area contributed by atoms with Crippen LogP contribution in [0.15, 0.2) is 42.5 Å². The maximum atomic E-state index is 12.9. The number of aryl methyl sites for hydroxylation is 1. The standard InChI is InChI=1S/C21H28N2O4S/c1-6-16(3)23(21(24)22-20-9-7-8-15(2)17(20)4)14-18-10-12-19(13-11-18)27-28(5,25)26/h7-13,16H,6,14H2,1-5H3,(H,22,24)/t16-/m1/s1. The Kier molecular flexibility index (Phi) is 7.07. The zero-order valence-corrected chi connectivity index (χ0v) is 17.8. The summed E-state index contributed by atoms with van der Waals surface area (Å²) in [5.74, 6) is 0.251. The van der Waals surface area contributed by atoms with Crippen molar-refractivity contribution in [2.24, 2.45) is 0 Å². The third-order valence-corrected chi connectivity index (χ3v) is 5.25. The first-order chi connectivity index (χ1) is 13.1. The van der Waals surface area contributed by atoms with Gasteiger partial charge in [-0.25, -0.2) is 4.79 Å². The number of urea groups is 1. The Hall–Kier alpha value is -2.54. The molecule has 0 bridgehead atoms. The number of amides is 2. The molecule has 0 aliphatic heterocycles. The smallest absolute Gasteiger partial charge is 0.322 e. The van der Waals surface area contributed by atoms with Crippen LogP contribution in [0.5, 0.6) is 5.75 Å². The zero-order chi connectivity index (χ0) is 20.9. The molecule has 28 heavy (non-hydrogen) atoms. The largest absolute Gasteiger partial charge is 0.383 e. The SMILES string of the molecule is CC[C@@H](C)N(Cc1ccc(OS(C)(=O)=O)cc1)C(=O)Nc1cccc(C)c1C. The van der Waals surface area contributed by atoms with Gasteiger partial charge in [-0.2, -0.15) is 8.42 Å². The topological polar surface area (TPSA) is 75.7 Å². The number of hydrogen-bond acceptors (Lipinski definition) is 4. The summed E-state index contributed by atoms with van der Waals surface area (Å²) < 4.78 is 27.3. The highest BCUT2D eigenvalue weighted by molar-refractivity contribution is 7.86. The Morgan fingerprint density at radius 3 is 2.36 bits per heavy atom. The predicted octanol–water partition coefficient (Wildman–Crippen LogP) is 4.47. The molecular formula is C21H28N2O4S. The predicted molar refractivity (Wildman–Crippen MR) is 112 cm³/mol. The molecule has 152 valence electrons. The van der Waals surface area contributed by atoms with Gasteiger partial charge in [0.05, 0.1) is 6.26 Å². The lowest BCUT2D eigenvalue weighted by atomic mass is 10.1. The van der Waals surface area contributed by atoms with Crippen LogP contribution in [-0.4, -0.2) is 31.6 Å². The normalized spacial score (nSPS) is 12.3. The second kappa shape index (κ2) is 9.10. The summed E-state index contributed by atoms with van der Waals surface area (Å²) in [4.78, 5) is 14.7. The van der Waals surface area contributed by atoms with Crippen molar-refractivity contribution < 1.29 is 17.4 Å². The number of anilines is 1. The van der Waals surface area contributed by atoms with Crippen LogP contribution in [0.4, 0.5) is 10.5 Å². The molecule has 0 fully saturated rings. The quantitative estimate of drug-likeness (QED) is 0.691. The molecule has 1 atom stereocenters. The third kappa shape index (κ3) is 5.99. The van der Waals surface area contributed by atoms with E-state index in [0.29, 0.717) is 6.54 Å². The van der Waals surface area contributed by atoms with Gasteiger partial charge < -0.3 is 14.4 Å². The van der Waals surface area contributed by atoms with E-state index >= 15 is 0 Å². The van der Waals surface area contributed by atoms with E-state index in [-0.39, 0.29) is 17.8 Å². The molecule has 2 aromatic rings. The van der Waals surface area contributed by atoms with Crippen LogP contribution in [0.2, 0.25) is 0 Å².